The van der Waals surface area contributed by atoms with Gasteiger partial charge in [-0.1, -0.05) is 37.0 Å². The maximum atomic E-state index is 13.4. The smallest absolute Gasteiger partial charge is 0.162 e. The number of ketones is 1. The number of nitriles is 1. The molecule has 3 rings (SSSR count). The van der Waals surface area contributed by atoms with Crippen LogP contribution in [0.25, 0.3) is 0 Å². The van der Waals surface area contributed by atoms with Crippen LogP contribution in [0.15, 0.2) is 34.8 Å². The van der Waals surface area contributed by atoms with Crippen molar-refractivity contribution in [3.8, 4) is 11.8 Å². The predicted molar refractivity (Wildman–Crippen MR) is 116 cm³/mol. The third-order valence-electron chi connectivity index (χ3n) is 5.56. The predicted octanol–water partition coefficient (Wildman–Crippen LogP) is 4.38. The first-order chi connectivity index (χ1) is 14.1. The number of Topliss-reactive ketones (excluding diaryl/α,β-unsaturated/α-hetero) is 1. The molecule has 2 aliphatic rings. The minimum atomic E-state index is -0.696. The summed E-state index contributed by atoms with van der Waals surface area (Å²) in [5.74, 6) is -0.0333. The van der Waals surface area contributed by atoms with Crippen LogP contribution >= 0.6 is 23.2 Å². The first-order valence-corrected chi connectivity index (χ1v) is 10.4. The van der Waals surface area contributed by atoms with Crippen LogP contribution in [-0.2, 0) is 9.53 Å². The Bertz CT molecular complexity index is 992. The van der Waals surface area contributed by atoms with Gasteiger partial charge in [0.1, 0.15) is 11.6 Å². The van der Waals surface area contributed by atoms with Crippen molar-refractivity contribution >= 4 is 29.0 Å². The molecule has 0 unspecified atom stereocenters. The van der Waals surface area contributed by atoms with E-state index in [0.717, 1.165) is 5.70 Å². The molecule has 30 heavy (non-hydrogen) atoms. The number of methoxy groups -OCH3 is 2. The van der Waals surface area contributed by atoms with E-state index in [1.165, 1.54) is 7.11 Å². The standard InChI is InChI=1S/C22H25Cl2N3O3/c1-22(2)9-16-19(17(28)10-22)18(13-7-12(23)8-15(24)20(13)30-4)14(11-25)21(26)27(16)5-6-29-3/h7-8,18H,5-6,9-10,26H2,1-4H3/t18-/m1/s1. The average Bonchev–Trinajstić information content (AvgIpc) is 2.65. The molecule has 0 radical (unpaired) electrons. The number of hydrogen-bond donors (Lipinski definition) is 1. The SMILES string of the molecule is COCCN1C(N)=C(C#N)[C@@H](c2cc(Cl)cc(Cl)c2OC)C2=C1CC(C)(C)CC2=O. The van der Waals surface area contributed by atoms with E-state index in [0.29, 0.717) is 58.7 Å². The highest BCUT2D eigenvalue weighted by Gasteiger charge is 2.45. The molecular formula is C22H25Cl2N3O3. The summed E-state index contributed by atoms with van der Waals surface area (Å²) < 4.78 is 10.8. The molecule has 0 fully saturated rings. The molecular weight excluding hydrogens is 425 g/mol. The lowest BCUT2D eigenvalue weighted by molar-refractivity contribution is -0.118. The molecule has 0 saturated heterocycles. The van der Waals surface area contributed by atoms with Crippen LogP contribution in [0.2, 0.25) is 10.0 Å². The first-order valence-electron chi connectivity index (χ1n) is 9.60. The Labute approximate surface area is 186 Å². The monoisotopic (exact) mass is 449 g/mol. The fraction of sp³-hybridized carbons (Fsp3) is 0.455. The van der Waals surface area contributed by atoms with Crippen LogP contribution in [0.5, 0.6) is 5.75 Å². The van der Waals surface area contributed by atoms with Gasteiger partial charge in [-0.05, 0) is 24.0 Å². The highest BCUT2D eigenvalue weighted by Crippen LogP contribution is 2.51. The lowest BCUT2D eigenvalue weighted by Gasteiger charge is -2.44. The number of ether oxygens (including phenoxy) is 2. The maximum Gasteiger partial charge on any atom is 0.162 e. The van der Waals surface area contributed by atoms with E-state index in [9.17, 15) is 10.1 Å². The summed E-state index contributed by atoms with van der Waals surface area (Å²) in [4.78, 5) is 15.2. The Kier molecular flexibility index (Phi) is 6.37. The van der Waals surface area contributed by atoms with E-state index < -0.39 is 5.92 Å². The molecule has 1 aliphatic heterocycles. The molecule has 8 heteroatoms. The molecule has 1 aliphatic carbocycles. The van der Waals surface area contributed by atoms with Crippen LogP contribution < -0.4 is 10.5 Å². The fourth-order valence-electron chi connectivity index (χ4n) is 4.33. The Morgan fingerprint density at radius 3 is 2.60 bits per heavy atom. The van der Waals surface area contributed by atoms with Gasteiger partial charge in [0.15, 0.2) is 5.78 Å². The number of carbonyl (C=O) groups excluding carboxylic acids is 1. The first kappa shape index (κ1) is 22.5. The summed E-state index contributed by atoms with van der Waals surface area (Å²) in [6.45, 7) is 4.95. The summed E-state index contributed by atoms with van der Waals surface area (Å²) in [5, 5.41) is 10.7. The largest absolute Gasteiger partial charge is 0.495 e. The van der Waals surface area contributed by atoms with E-state index in [2.05, 4.69) is 19.9 Å². The highest BCUT2D eigenvalue weighted by molar-refractivity contribution is 6.35. The number of allylic oxidation sites excluding steroid dienone is 3. The molecule has 1 atom stereocenters. The van der Waals surface area contributed by atoms with Gasteiger partial charge in [0, 0.05) is 41.9 Å². The number of hydrogen-bond acceptors (Lipinski definition) is 6. The second-order valence-corrected chi connectivity index (χ2v) is 9.14. The lowest BCUT2D eigenvalue weighted by atomic mass is 9.68. The Morgan fingerprint density at radius 1 is 1.30 bits per heavy atom. The van der Waals surface area contributed by atoms with Crippen molar-refractivity contribution in [3.63, 3.8) is 0 Å². The molecule has 160 valence electrons. The maximum absolute atomic E-state index is 13.4. The second-order valence-electron chi connectivity index (χ2n) is 8.30. The lowest BCUT2D eigenvalue weighted by Crippen LogP contribution is -2.43. The zero-order valence-electron chi connectivity index (χ0n) is 17.5. The van der Waals surface area contributed by atoms with Crippen molar-refractivity contribution < 1.29 is 14.3 Å². The van der Waals surface area contributed by atoms with Crippen molar-refractivity contribution in [2.75, 3.05) is 27.4 Å². The highest BCUT2D eigenvalue weighted by atomic mass is 35.5. The van der Waals surface area contributed by atoms with E-state index >= 15 is 0 Å². The number of nitrogens with two attached hydrogens (primary N) is 1. The summed E-state index contributed by atoms with van der Waals surface area (Å²) in [5.41, 5.74) is 8.45. The summed E-state index contributed by atoms with van der Waals surface area (Å²) in [6.07, 6.45) is 1.01. The summed E-state index contributed by atoms with van der Waals surface area (Å²) in [7, 11) is 3.09. The van der Waals surface area contributed by atoms with E-state index in [4.69, 9.17) is 38.4 Å². The van der Waals surface area contributed by atoms with Gasteiger partial charge in [0.05, 0.1) is 36.3 Å². The third kappa shape index (κ3) is 3.90. The van der Waals surface area contributed by atoms with Gasteiger partial charge in [-0.15, -0.1) is 0 Å². The van der Waals surface area contributed by atoms with Crippen LogP contribution in [0.1, 0.15) is 38.2 Å². The van der Waals surface area contributed by atoms with Gasteiger partial charge >= 0.3 is 0 Å². The molecule has 1 heterocycles. The summed E-state index contributed by atoms with van der Waals surface area (Å²) >= 11 is 12.6. The van der Waals surface area contributed by atoms with Crippen molar-refractivity contribution in [3.05, 3.63) is 50.4 Å². The number of nitrogens with zero attached hydrogens (tertiary/aromatic N) is 2. The zero-order valence-corrected chi connectivity index (χ0v) is 19.0. The van der Waals surface area contributed by atoms with Gasteiger partial charge in [-0.2, -0.15) is 5.26 Å². The molecule has 2 N–H and O–H groups in total. The average molecular weight is 450 g/mol. The van der Waals surface area contributed by atoms with Gasteiger partial charge in [-0.3, -0.25) is 4.79 Å². The van der Waals surface area contributed by atoms with E-state index in [-0.39, 0.29) is 16.8 Å². The Hall–Kier alpha value is -2.20. The zero-order chi connectivity index (χ0) is 22.2. The van der Waals surface area contributed by atoms with E-state index in [1.54, 1.807) is 19.2 Å². The topological polar surface area (TPSA) is 88.6 Å². The molecule has 0 spiro atoms. The van der Waals surface area contributed by atoms with Gasteiger partial charge in [-0.25, -0.2) is 0 Å². The molecule has 1 aromatic rings. The van der Waals surface area contributed by atoms with Gasteiger partial charge in [0.25, 0.3) is 0 Å². The molecule has 0 saturated carbocycles. The molecule has 1 aromatic carbocycles. The van der Waals surface area contributed by atoms with Crippen molar-refractivity contribution in [2.24, 2.45) is 11.1 Å². The number of carbonyl (C=O) groups is 1. The molecule has 0 bridgehead atoms. The van der Waals surface area contributed by atoms with Crippen molar-refractivity contribution in [2.45, 2.75) is 32.6 Å². The number of benzene rings is 1. The molecule has 0 aromatic heterocycles. The minimum absolute atomic E-state index is 0.0212. The van der Waals surface area contributed by atoms with Crippen LogP contribution in [-0.4, -0.2) is 38.1 Å². The Balaban J connectivity index is 2.32. The quantitative estimate of drug-likeness (QED) is 0.716. The minimum Gasteiger partial charge on any atom is -0.495 e. The second kappa shape index (κ2) is 8.50. The van der Waals surface area contributed by atoms with Crippen molar-refractivity contribution in [1.29, 1.82) is 5.26 Å². The number of halogens is 2. The van der Waals surface area contributed by atoms with Crippen molar-refractivity contribution in [1.82, 2.24) is 4.90 Å². The summed E-state index contributed by atoms with van der Waals surface area (Å²) in [6, 6.07) is 5.47. The molecule has 6 nitrogen and oxygen atoms in total. The third-order valence-corrected chi connectivity index (χ3v) is 6.06. The van der Waals surface area contributed by atoms with E-state index in [1.807, 2.05) is 4.90 Å². The van der Waals surface area contributed by atoms with Crippen LogP contribution in [0, 0.1) is 16.7 Å². The van der Waals surface area contributed by atoms with Crippen LogP contribution in [0.3, 0.4) is 0 Å². The Morgan fingerprint density at radius 2 is 2.00 bits per heavy atom. The molecule has 0 amide bonds. The van der Waals surface area contributed by atoms with Gasteiger partial charge in [0.2, 0.25) is 0 Å². The van der Waals surface area contributed by atoms with Gasteiger partial charge < -0.3 is 20.1 Å². The number of rotatable bonds is 5. The van der Waals surface area contributed by atoms with Crippen LogP contribution in [0.4, 0.5) is 0 Å². The normalized spacial score (nSPS) is 20.9. The fourth-order valence-corrected chi connectivity index (χ4v) is 4.92.